The summed E-state index contributed by atoms with van der Waals surface area (Å²) in [6.45, 7) is 5.16. The minimum Gasteiger partial charge on any atom is -0.508 e. The van der Waals surface area contributed by atoms with Gasteiger partial charge < -0.3 is 10.4 Å². The quantitative estimate of drug-likeness (QED) is 0.873. The van der Waals surface area contributed by atoms with Crippen molar-refractivity contribution >= 4 is 11.3 Å². The average Bonchev–Trinajstić information content (AvgIpc) is 2.78. The first kappa shape index (κ1) is 12.1. The third-order valence-electron chi connectivity index (χ3n) is 2.55. The van der Waals surface area contributed by atoms with Crippen molar-refractivity contribution < 1.29 is 5.11 Å². The van der Waals surface area contributed by atoms with Crippen LogP contribution in [0, 0.1) is 0 Å². The van der Waals surface area contributed by atoms with Crippen molar-refractivity contribution in [3.05, 3.63) is 35.3 Å². The van der Waals surface area contributed by atoms with E-state index in [9.17, 15) is 5.11 Å². The average molecular weight is 248 g/mol. The number of nitrogens with zero attached hydrogens (tertiary/aromatic N) is 1. The standard InChI is InChI=1S/C13H16N2OS/c1-3-14-9(2)12-8-15-13(17-12)10-5-4-6-11(16)7-10/h4-9,14,16H,3H2,1-2H3. The SMILES string of the molecule is CCNC(C)c1cnc(-c2cccc(O)c2)s1. The van der Waals surface area contributed by atoms with Gasteiger partial charge in [0.25, 0.3) is 0 Å². The Morgan fingerprint density at radius 2 is 2.29 bits per heavy atom. The molecule has 1 aromatic heterocycles. The summed E-state index contributed by atoms with van der Waals surface area (Å²) in [6.07, 6.45) is 1.90. The number of thiazole rings is 1. The van der Waals surface area contributed by atoms with E-state index < -0.39 is 0 Å². The molecule has 4 heteroatoms. The normalized spacial score (nSPS) is 12.6. The van der Waals surface area contributed by atoms with E-state index in [2.05, 4.69) is 24.1 Å². The fourth-order valence-electron chi connectivity index (χ4n) is 1.67. The Kier molecular flexibility index (Phi) is 3.76. The third kappa shape index (κ3) is 2.84. The van der Waals surface area contributed by atoms with Crippen molar-refractivity contribution in [2.75, 3.05) is 6.54 Å². The predicted molar refractivity (Wildman–Crippen MR) is 71.3 cm³/mol. The number of rotatable bonds is 4. The zero-order chi connectivity index (χ0) is 12.3. The van der Waals surface area contributed by atoms with Crippen LogP contribution in [0.4, 0.5) is 0 Å². The third-order valence-corrected chi connectivity index (χ3v) is 3.78. The van der Waals surface area contributed by atoms with Crippen LogP contribution in [0.25, 0.3) is 10.6 Å². The minimum atomic E-state index is 0.277. The molecule has 0 aliphatic rings. The Morgan fingerprint density at radius 3 is 3.00 bits per heavy atom. The molecule has 1 heterocycles. The molecular weight excluding hydrogens is 232 g/mol. The molecule has 17 heavy (non-hydrogen) atoms. The number of benzene rings is 1. The van der Waals surface area contributed by atoms with Crippen LogP contribution in [0.3, 0.4) is 0 Å². The molecule has 0 amide bonds. The molecule has 1 unspecified atom stereocenters. The van der Waals surface area contributed by atoms with Gasteiger partial charge in [-0.1, -0.05) is 19.1 Å². The van der Waals surface area contributed by atoms with Crippen LogP contribution in [-0.4, -0.2) is 16.6 Å². The van der Waals surface area contributed by atoms with Gasteiger partial charge in [-0.2, -0.15) is 0 Å². The zero-order valence-corrected chi connectivity index (χ0v) is 10.8. The number of hydrogen-bond donors (Lipinski definition) is 2. The predicted octanol–water partition coefficient (Wildman–Crippen LogP) is 3.19. The van der Waals surface area contributed by atoms with Gasteiger partial charge in [-0.05, 0) is 25.6 Å². The molecule has 2 N–H and O–H groups in total. The molecule has 90 valence electrons. The lowest BCUT2D eigenvalue weighted by Gasteiger charge is -2.08. The molecule has 3 nitrogen and oxygen atoms in total. The van der Waals surface area contributed by atoms with Crippen molar-refractivity contribution in [3.8, 4) is 16.3 Å². The van der Waals surface area contributed by atoms with E-state index in [4.69, 9.17) is 0 Å². The van der Waals surface area contributed by atoms with E-state index in [1.807, 2.05) is 18.3 Å². The lowest BCUT2D eigenvalue weighted by Crippen LogP contribution is -2.16. The molecule has 1 atom stereocenters. The van der Waals surface area contributed by atoms with Crippen LogP contribution in [0.5, 0.6) is 5.75 Å². The Hall–Kier alpha value is -1.39. The molecule has 0 saturated carbocycles. The molecular formula is C13H16N2OS. The smallest absolute Gasteiger partial charge is 0.123 e. The summed E-state index contributed by atoms with van der Waals surface area (Å²) in [7, 11) is 0. The summed E-state index contributed by atoms with van der Waals surface area (Å²) in [5, 5.41) is 13.7. The summed E-state index contributed by atoms with van der Waals surface area (Å²) in [5.41, 5.74) is 0.963. The van der Waals surface area contributed by atoms with Gasteiger partial charge in [0.1, 0.15) is 10.8 Å². The van der Waals surface area contributed by atoms with Crippen LogP contribution in [0.15, 0.2) is 30.5 Å². The first-order valence-electron chi connectivity index (χ1n) is 5.69. The van der Waals surface area contributed by atoms with E-state index >= 15 is 0 Å². The van der Waals surface area contributed by atoms with Gasteiger partial charge in [-0.3, -0.25) is 0 Å². The lowest BCUT2D eigenvalue weighted by molar-refractivity contribution is 0.475. The molecule has 0 fully saturated rings. The highest BCUT2D eigenvalue weighted by atomic mass is 32.1. The van der Waals surface area contributed by atoms with Crippen LogP contribution >= 0.6 is 11.3 Å². The molecule has 0 saturated heterocycles. The van der Waals surface area contributed by atoms with Crippen molar-refractivity contribution in [1.29, 1.82) is 0 Å². The summed E-state index contributed by atoms with van der Waals surface area (Å²) in [5.74, 6) is 0.277. The van der Waals surface area contributed by atoms with Gasteiger partial charge in [0.05, 0.1) is 0 Å². The van der Waals surface area contributed by atoms with E-state index in [1.54, 1.807) is 23.5 Å². The molecule has 0 spiro atoms. The van der Waals surface area contributed by atoms with Crippen LogP contribution < -0.4 is 5.32 Å². The zero-order valence-electron chi connectivity index (χ0n) is 9.97. The second-order valence-corrected chi connectivity index (χ2v) is 4.96. The molecule has 2 rings (SSSR count). The first-order valence-corrected chi connectivity index (χ1v) is 6.51. The van der Waals surface area contributed by atoms with E-state index in [1.165, 1.54) is 4.88 Å². The molecule has 2 aromatic rings. The van der Waals surface area contributed by atoms with E-state index in [-0.39, 0.29) is 5.75 Å². The highest BCUT2D eigenvalue weighted by Crippen LogP contribution is 2.30. The first-order chi connectivity index (χ1) is 8.20. The second-order valence-electron chi connectivity index (χ2n) is 3.90. The van der Waals surface area contributed by atoms with Crippen molar-refractivity contribution in [3.63, 3.8) is 0 Å². The fraction of sp³-hybridized carbons (Fsp3) is 0.308. The Labute approximate surface area is 105 Å². The van der Waals surface area contributed by atoms with Gasteiger partial charge >= 0.3 is 0 Å². The maximum atomic E-state index is 9.44. The maximum absolute atomic E-state index is 9.44. The van der Waals surface area contributed by atoms with Gasteiger partial charge in [-0.25, -0.2) is 4.98 Å². The molecule has 0 aliphatic heterocycles. The maximum Gasteiger partial charge on any atom is 0.123 e. The van der Waals surface area contributed by atoms with Crippen LogP contribution in [0.1, 0.15) is 24.8 Å². The number of aromatic nitrogens is 1. The molecule has 0 radical (unpaired) electrons. The van der Waals surface area contributed by atoms with E-state index in [0.717, 1.165) is 17.1 Å². The Morgan fingerprint density at radius 1 is 1.47 bits per heavy atom. The summed E-state index contributed by atoms with van der Waals surface area (Å²) in [6, 6.07) is 7.52. The molecule has 0 bridgehead atoms. The number of phenols is 1. The van der Waals surface area contributed by atoms with Crippen molar-refractivity contribution in [1.82, 2.24) is 10.3 Å². The molecule has 1 aromatic carbocycles. The lowest BCUT2D eigenvalue weighted by atomic mass is 10.2. The monoisotopic (exact) mass is 248 g/mol. The van der Waals surface area contributed by atoms with Crippen LogP contribution in [-0.2, 0) is 0 Å². The summed E-state index contributed by atoms with van der Waals surface area (Å²) < 4.78 is 0. The number of aromatic hydroxyl groups is 1. The van der Waals surface area contributed by atoms with Crippen molar-refractivity contribution in [2.24, 2.45) is 0 Å². The summed E-state index contributed by atoms with van der Waals surface area (Å²) >= 11 is 1.66. The van der Waals surface area contributed by atoms with Crippen molar-refractivity contribution in [2.45, 2.75) is 19.9 Å². The van der Waals surface area contributed by atoms with Gasteiger partial charge in [0, 0.05) is 22.7 Å². The van der Waals surface area contributed by atoms with Crippen LogP contribution in [0.2, 0.25) is 0 Å². The highest BCUT2D eigenvalue weighted by molar-refractivity contribution is 7.15. The summed E-state index contributed by atoms with van der Waals surface area (Å²) in [4.78, 5) is 5.61. The largest absolute Gasteiger partial charge is 0.508 e. The number of hydrogen-bond acceptors (Lipinski definition) is 4. The topological polar surface area (TPSA) is 45.2 Å². The van der Waals surface area contributed by atoms with Gasteiger partial charge in [0.2, 0.25) is 0 Å². The second kappa shape index (κ2) is 5.29. The number of nitrogens with one attached hydrogen (secondary N) is 1. The Balaban J connectivity index is 2.23. The highest BCUT2D eigenvalue weighted by Gasteiger charge is 2.10. The number of phenolic OH excluding ortho intramolecular Hbond substituents is 1. The van der Waals surface area contributed by atoms with Gasteiger partial charge in [-0.15, -0.1) is 11.3 Å². The van der Waals surface area contributed by atoms with Gasteiger partial charge in [0.15, 0.2) is 0 Å². The van der Waals surface area contributed by atoms with E-state index in [0.29, 0.717) is 6.04 Å². The fourth-order valence-corrected chi connectivity index (χ4v) is 2.60. The molecule has 0 aliphatic carbocycles. The minimum absolute atomic E-state index is 0.277. The Bertz CT molecular complexity index is 496.